The number of thiophene rings is 1. The molecular formula is C16H14Cl2N3O2S2+. The number of hydrogen-bond acceptors (Lipinski definition) is 4. The predicted molar refractivity (Wildman–Crippen MR) is 104 cm³/mol. The molecule has 25 heavy (non-hydrogen) atoms. The maximum Gasteiger partial charge on any atom is 0.346 e. The summed E-state index contributed by atoms with van der Waals surface area (Å²) in [5.74, 6) is -0.149. The van der Waals surface area contributed by atoms with Crippen molar-refractivity contribution in [1.29, 1.82) is 0 Å². The van der Waals surface area contributed by atoms with Gasteiger partial charge >= 0.3 is 10.7 Å². The minimum Gasteiger partial charge on any atom is -0.323 e. The summed E-state index contributed by atoms with van der Waals surface area (Å²) in [5.41, 5.74) is 0.300. The highest BCUT2D eigenvalue weighted by Crippen LogP contribution is 2.30. The van der Waals surface area contributed by atoms with Gasteiger partial charge in [0.1, 0.15) is 5.39 Å². The molecule has 0 bridgehead atoms. The molecule has 2 heterocycles. The van der Waals surface area contributed by atoms with Crippen molar-refractivity contribution in [3.8, 4) is 0 Å². The number of aryl methyl sites for hydroxylation is 1. The third-order valence-electron chi connectivity index (χ3n) is 3.48. The van der Waals surface area contributed by atoms with Gasteiger partial charge < -0.3 is 5.32 Å². The fourth-order valence-corrected chi connectivity index (χ4v) is 4.53. The van der Waals surface area contributed by atoms with Gasteiger partial charge in [-0.05, 0) is 36.9 Å². The summed E-state index contributed by atoms with van der Waals surface area (Å²) in [4.78, 5) is 29.7. The van der Waals surface area contributed by atoms with E-state index in [1.165, 1.54) is 27.7 Å². The molecule has 2 aromatic heterocycles. The van der Waals surface area contributed by atoms with E-state index in [-0.39, 0.29) is 17.2 Å². The number of carbonyl (C=O) groups excluding carboxylic acids is 1. The molecular weight excluding hydrogens is 401 g/mol. The van der Waals surface area contributed by atoms with Gasteiger partial charge in [-0.3, -0.25) is 4.79 Å². The van der Waals surface area contributed by atoms with Crippen molar-refractivity contribution in [2.45, 2.75) is 12.1 Å². The predicted octanol–water partition coefficient (Wildman–Crippen LogP) is 3.76. The van der Waals surface area contributed by atoms with Crippen LogP contribution in [0.3, 0.4) is 0 Å². The van der Waals surface area contributed by atoms with Crippen molar-refractivity contribution in [2.24, 2.45) is 7.05 Å². The van der Waals surface area contributed by atoms with Gasteiger partial charge in [0.15, 0.2) is 4.83 Å². The lowest BCUT2D eigenvalue weighted by Crippen LogP contribution is -2.27. The molecule has 0 radical (unpaired) electrons. The quantitative estimate of drug-likeness (QED) is 0.521. The van der Waals surface area contributed by atoms with E-state index in [1.807, 2.05) is 13.0 Å². The van der Waals surface area contributed by atoms with Crippen molar-refractivity contribution in [2.75, 3.05) is 11.1 Å². The minimum atomic E-state index is -0.261. The van der Waals surface area contributed by atoms with Gasteiger partial charge in [0.05, 0.1) is 28.5 Å². The number of rotatable bonds is 4. The molecule has 2 N–H and O–H groups in total. The Hall–Kier alpha value is -1.54. The highest BCUT2D eigenvalue weighted by Gasteiger charge is 2.19. The SMILES string of the molecule is Cc1cc2c(=O)n(C)c(SCC(=O)Nc3c(Cl)cccc3Cl)[nH+]c2s1. The van der Waals surface area contributed by atoms with Gasteiger partial charge in [0.2, 0.25) is 5.91 Å². The van der Waals surface area contributed by atoms with E-state index < -0.39 is 0 Å². The number of amides is 1. The number of anilines is 1. The van der Waals surface area contributed by atoms with E-state index in [1.54, 1.807) is 25.2 Å². The van der Waals surface area contributed by atoms with Crippen molar-refractivity contribution in [3.05, 3.63) is 49.5 Å². The first kappa shape index (κ1) is 18.3. The number of benzene rings is 1. The Kier molecular flexibility index (Phi) is 5.38. The Labute approximate surface area is 162 Å². The van der Waals surface area contributed by atoms with Crippen LogP contribution in [0.1, 0.15) is 4.88 Å². The van der Waals surface area contributed by atoms with Crippen molar-refractivity contribution < 1.29 is 9.78 Å². The highest BCUT2D eigenvalue weighted by atomic mass is 35.5. The Bertz CT molecular complexity index is 1010. The zero-order valence-corrected chi connectivity index (χ0v) is 16.5. The first-order valence-electron chi connectivity index (χ1n) is 7.26. The highest BCUT2D eigenvalue weighted by molar-refractivity contribution is 7.99. The third kappa shape index (κ3) is 3.84. The average molecular weight is 415 g/mol. The van der Waals surface area contributed by atoms with Crippen LogP contribution in [-0.4, -0.2) is 16.2 Å². The molecule has 0 aliphatic heterocycles. The van der Waals surface area contributed by atoms with Crippen LogP contribution in [0, 0.1) is 6.92 Å². The number of halogens is 2. The minimum absolute atomic E-state index is 0.0878. The lowest BCUT2D eigenvalue weighted by molar-refractivity contribution is -0.404. The molecule has 5 nitrogen and oxygen atoms in total. The molecule has 0 unspecified atom stereocenters. The second kappa shape index (κ2) is 7.37. The lowest BCUT2D eigenvalue weighted by atomic mass is 10.3. The van der Waals surface area contributed by atoms with Crippen LogP contribution >= 0.6 is 46.3 Å². The van der Waals surface area contributed by atoms with Gasteiger partial charge in [-0.25, -0.2) is 9.78 Å². The summed E-state index contributed by atoms with van der Waals surface area (Å²) in [5, 5.41) is 4.72. The molecule has 0 fully saturated rings. The number of aromatic amines is 1. The second-order valence-corrected chi connectivity index (χ2v) is 8.36. The molecule has 3 rings (SSSR count). The summed E-state index contributed by atoms with van der Waals surface area (Å²) in [6.07, 6.45) is 0. The number of para-hydroxylation sites is 1. The first-order valence-corrected chi connectivity index (χ1v) is 9.81. The molecule has 0 saturated heterocycles. The Morgan fingerprint density at radius 2 is 2.04 bits per heavy atom. The zero-order chi connectivity index (χ0) is 18.1. The molecule has 130 valence electrons. The van der Waals surface area contributed by atoms with Gasteiger partial charge in [-0.15, -0.1) is 0 Å². The average Bonchev–Trinajstić information content (AvgIpc) is 2.94. The fourth-order valence-electron chi connectivity index (χ4n) is 2.28. The second-order valence-electron chi connectivity index (χ2n) is 5.33. The van der Waals surface area contributed by atoms with Crippen LogP contribution in [0.15, 0.2) is 34.2 Å². The van der Waals surface area contributed by atoms with E-state index in [0.717, 1.165) is 9.71 Å². The monoisotopic (exact) mass is 414 g/mol. The van der Waals surface area contributed by atoms with Gasteiger partial charge in [-0.2, -0.15) is 4.57 Å². The number of nitrogens with one attached hydrogen (secondary N) is 2. The van der Waals surface area contributed by atoms with Crippen LogP contribution < -0.4 is 15.9 Å². The number of nitrogens with zero attached hydrogens (tertiary/aromatic N) is 1. The summed E-state index contributed by atoms with van der Waals surface area (Å²) in [7, 11) is 1.68. The van der Waals surface area contributed by atoms with Crippen LogP contribution in [0.4, 0.5) is 5.69 Å². The van der Waals surface area contributed by atoms with Crippen molar-refractivity contribution in [1.82, 2.24) is 4.57 Å². The summed E-state index contributed by atoms with van der Waals surface area (Å²) in [6.45, 7) is 1.95. The maximum atomic E-state index is 12.4. The fraction of sp³-hybridized carbons (Fsp3) is 0.188. The maximum absolute atomic E-state index is 12.4. The van der Waals surface area contributed by atoms with Gasteiger partial charge in [-0.1, -0.05) is 40.6 Å². The van der Waals surface area contributed by atoms with E-state index >= 15 is 0 Å². The lowest BCUT2D eigenvalue weighted by Gasteiger charge is -2.08. The molecule has 9 heteroatoms. The Morgan fingerprint density at radius 1 is 1.36 bits per heavy atom. The number of fused-ring (bicyclic) bond motifs is 1. The first-order chi connectivity index (χ1) is 11.9. The molecule has 0 spiro atoms. The number of H-pyrrole nitrogens is 1. The van der Waals surface area contributed by atoms with Crippen LogP contribution in [0.25, 0.3) is 10.2 Å². The number of aromatic nitrogens is 2. The van der Waals surface area contributed by atoms with Crippen LogP contribution in [-0.2, 0) is 11.8 Å². The molecule has 0 atom stereocenters. The van der Waals surface area contributed by atoms with Crippen LogP contribution in [0.2, 0.25) is 10.0 Å². The van der Waals surface area contributed by atoms with Crippen molar-refractivity contribution >= 4 is 68.1 Å². The summed E-state index contributed by atoms with van der Waals surface area (Å²) in [6, 6.07) is 6.87. The normalized spacial score (nSPS) is 11.0. The van der Waals surface area contributed by atoms with Gasteiger partial charge in [0, 0.05) is 4.88 Å². The van der Waals surface area contributed by atoms with Crippen LogP contribution in [0.5, 0.6) is 0 Å². The number of thioether (sulfide) groups is 1. The summed E-state index contributed by atoms with van der Waals surface area (Å²) >= 11 is 14.8. The smallest absolute Gasteiger partial charge is 0.323 e. The molecule has 1 aromatic carbocycles. The molecule has 3 aromatic rings. The topological polar surface area (TPSA) is 65.2 Å². The van der Waals surface area contributed by atoms with E-state index in [2.05, 4.69) is 10.3 Å². The zero-order valence-electron chi connectivity index (χ0n) is 13.4. The largest absolute Gasteiger partial charge is 0.346 e. The van der Waals surface area contributed by atoms with Crippen molar-refractivity contribution in [3.63, 3.8) is 0 Å². The molecule has 0 saturated carbocycles. The van der Waals surface area contributed by atoms with Gasteiger partial charge in [0.25, 0.3) is 0 Å². The molecule has 1 amide bonds. The molecule has 0 aliphatic rings. The Balaban J connectivity index is 1.77. The van der Waals surface area contributed by atoms with E-state index in [0.29, 0.717) is 26.3 Å². The Morgan fingerprint density at radius 3 is 2.72 bits per heavy atom. The standard InChI is InChI=1S/C16H13Cl2N3O2S2/c1-8-6-9-14(25-8)20-16(21(2)15(9)23)24-7-12(22)19-13-10(17)4-3-5-11(13)18/h3-6H,7H2,1-2H3,(H,19,22)/p+1. The third-order valence-corrected chi connectivity index (χ3v) is 6.13. The summed E-state index contributed by atoms with van der Waals surface area (Å²) < 4.78 is 1.51. The van der Waals surface area contributed by atoms with E-state index in [9.17, 15) is 9.59 Å². The number of hydrogen-bond donors (Lipinski definition) is 1. The van der Waals surface area contributed by atoms with E-state index in [4.69, 9.17) is 23.2 Å². The number of carbonyl (C=O) groups is 1. The molecule has 0 aliphatic carbocycles.